The number of carbonyl (C=O) groups excluding carboxylic acids is 3. The van der Waals surface area contributed by atoms with Gasteiger partial charge in [-0.25, -0.2) is 9.13 Å². The molecule has 0 aliphatic rings. The number of phosphoric ester groups is 2. The molecule has 5 unspecified atom stereocenters. The maximum absolute atomic E-state index is 12.9. The van der Waals surface area contributed by atoms with E-state index in [4.69, 9.17) is 32.3 Å². The van der Waals surface area contributed by atoms with Crippen LogP contribution in [-0.2, 0) is 55.8 Å². The average Bonchev–Trinajstić information content (AvgIpc) is 3.18. The second-order valence-corrected chi connectivity index (χ2v) is 27.2. The molecule has 0 bridgehead atoms. The molecule has 0 saturated carbocycles. The number of aliphatic hydroxyl groups excluding tert-OH is 2. The Kier molecular flexibility index (Phi) is 66.9. The quantitative estimate of drug-likeness (QED) is 0.0146. The zero-order chi connectivity index (χ0) is 69.5. The summed E-state index contributed by atoms with van der Waals surface area (Å²) < 4.78 is 60.8. The Balaban J connectivity index is 4.35. The highest BCUT2D eigenvalue weighted by molar-refractivity contribution is 7.47. The summed E-state index contributed by atoms with van der Waals surface area (Å²) in [5, 5.41) is 20.6. The first kappa shape index (κ1) is 91.0. The molecule has 18 heteroatoms. The topological polar surface area (TPSA) is 231 Å². The summed E-state index contributed by atoms with van der Waals surface area (Å²) in [5.74, 6) is -1.61. The van der Waals surface area contributed by atoms with Crippen molar-refractivity contribution in [3.63, 3.8) is 0 Å². The van der Waals surface area contributed by atoms with Crippen LogP contribution in [0.25, 0.3) is 0 Å². The number of allylic oxidation sites excluding steroid dienone is 20. The number of hydrogen-bond donors (Lipinski definition) is 4. The minimum absolute atomic E-state index is 0.0893. The Morgan fingerprint density at radius 1 is 0.305 bits per heavy atom. The van der Waals surface area contributed by atoms with Crippen molar-refractivity contribution in [2.24, 2.45) is 0 Å². The average molecular weight is 1380 g/mol. The molecule has 4 N–H and O–H groups in total. The van der Waals surface area contributed by atoms with Crippen molar-refractivity contribution in [2.75, 3.05) is 39.6 Å². The first-order valence-corrected chi connectivity index (χ1v) is 39.8. The van der Waals surface area contributed by atoms with Crippen molar-refractivity contribution < 1.29 is 75.8 Å². The fraction of sp³-hybridized carbons (Fsp3) is 0.701. The smallest absolute Gasteiger partial charge is 0.463 e. The predicted molar refractivity (Wildman–Crippen MR) is 390 cm³/mol. The molecule has 0 fully saturated rings. The highest BCUT2D eigenvalue weighted by Crippen LogP contribution is 2.45. The molecule has 0 aromatic carbocycles. The number of hydrogen-bond acceptors (Lipinski definition) is 14. The van der Waals surface area contributed by atoms with Gasteiger partial charge in [0.2, 0.25) is 0 Å². The van der Waals surface area contributed by atoms with Crippen LogP contribution in [-0.4, -0.2) is 95.9 Å². The van der Waals surface area contributed by atoms with Crippen LogP contribution in [0.3, 0.4) is 0 Å². The van der Waals surface area contributed by atoms with E-state index in [0.29, 0.717) is 19.3 Å². The molecule has 0 aliphatic carbocycles. The molecule has 5 atom stereocenters. The molecule has 0 spiro atoms. The van der Waals surface area contributed by atoms with E-state index in [1.165, 1.54) is 77.0 Å². The summed E-state index contributed by atoms with van der Waals surface area (Å²) >= 11 is 0. The van der Waals surface area contributed by atoms with Crippen LogP contribution in [0.1, 0.15) is 290 Å². The Labute approximate surface area is 576 Å². The van der Waals surface area contributed by atoms with Crippen LogP contribution in [0.4, 0.5) is 0 Å². The normalized spacial score (nSPS) is 14.8. The van der Waals surface area contributed by atoms with E-state index < -0.39 is 91.5 Å². The number of esters is 3. The second-order valence-electron chi connectivity index (χ2n) is 24.3. The predicted octanol–water partition coefficient (Wildman–Crippen LogP) is 21.0. The van der Waals surface area contributed by atoms with E-state index in [-0.39, 0.29) is 19.3 Å². The third-order valence-electron chi connectivity index (χ3n) is 15.2. The summed E-state index contributed by atoms with van der Waals surface area (Å²) in [4.78, 5) is 58.3. The largest absolute Gasteiger partial charge is 0.472 e. The highest BCUT2D eigenvalue weighted by Gasteiger charge is 2.29. The summed E-state index contributed by atoms with van der Waals surface area (Å²) in [7, 11) is -9.78. The lowest BCUT2D eigenvalue weighted by atomic mass is 10.0. The molecule has 95 heavy (non-hydrogen) atoms. The van der Waals surface area contributed by atoms with Crippen LogP contribution in [0.5, 0.6) is 0 Å². The van der Waals surface area contributed by atoms with E-state index in [1.54, 1.807) is 0 Å². The molecule has 546 valence electrons. The highest BCUT2D eigenvalue weighted by atomic mass is 31.2. The van der Waals surface area contributed by atoms with Crippen LogP contribution < -0.4 is 0 Å². The summed E-state index contributed by atoms with van der Waals surface area (Å²) in [6, 6.07) is 0. The van der Waals surface area contributed by atoms with Gasteiger partial charge in [0, 0.05) is 19.3 Å². The molecule has 0 radical (unpaired) electrons. The van der Waals surface area contributed by atoms with E-state index in [1.807, 2.05) is 0 Å². The molecular formula is C77H132O16P2. The third kappa shape index (κ3) is 71.1. The molecule has 0 heterocycles. The molecular weight excluding hydrogens is 1240 g/mol. The standard InChI is InChI=1S/C77H132O16P2/c1-4-7-10-13-16-19-22-24-26-27-28-29-30-31-32-33-34-35-36-37-38-39-40-41-42-43-45-47-49-51-54-57-60-63-75(80)87-66-72(78)67-89-94(83,84)90-68-73(79)69-91-95(85,86)92-71-74(93-77(82)65-62-59-56-53-48-21-18-15-12-9-6-3)70-88-76(81)64-61-58-55-52-50-46-44-25-23-20-17-14-11-8-5-2/h7-8,10-11,15-20,24-26,28-29,31-32,34-35,44,72-74,78-79H,4-6,9,12-14,21-23,27,30,33,36-43,45-71H2,1-3H3,(H,83,84)(H,85,86)/b10-7-,11-8-,18-15-,19-16-,20-17-,26-24-,29-28-,32-31-,35-34-,44-25-. The fourth-order valence-electron chi connectivity index (χ4n) is 9.57. The molecule has 0 saturated heterocycles. The van der Waals surface area contributed by atoms with Gasteiger partial charge in [0.1, 0.15) is 25.4 Å². The molecule has 0 aromatic heterocycles. The zero-order valence-corrected chi connectivity index (χ0v) is 61.1. The summed E-state index contributed by atoms with van der Waals surface area (Å²) in [6.07, 6.45) is 81.4. The minimum Gasteiger partial charge on any atom is -0.463 e. The molecule has 0 rings (SSSR count). The maximum Gasteiger partial charge on any atom is 0.472 e. The Morgan fingerprint density at radius 2 is 0.558 bits per heavy atom. The van der Waals surface area contributed by atoms with Crippen molar-refractivity contribution in [1.29, 1.82) is 0 Å². The van der Waals surface area contributed by atoms with Gasteiger partial charge < -0.3 is 34.2 Å². The van der Waals surface area contributed by atoms with E-state index in [0.717, 1.165) is 154 Å². The lowest BCUT2D eigenvalue weighted by Crippen LogP contribution is -2.30. The van der Waals surface area contributed by atoms with Crippen LogP contribution in [0, 0.1) is 0 Å². The lowest BCUT2D eigenvalue weighted by molar-refractivity contribution is -0.161. The lowest BCUT2D eigenvalue weighted by Gasteiger charge is -2.21. The number of phosphoric acid groups is 2. The van der Waals surface area contributed by atoms with Crippen molar-refractivity contribution in [3.8, 4) is 0 Å². The Bertz CT molecular complexity index is 2210. The van der Waals surface area contributed by atoms with E-state index in [9.17, 15) is 43.5 Å². The monoisotopic (exact) mass is 1370 g/mol. The minimum atomic E-state index is -4.93. The van der Waals surface area contributed by atoms with Gasteiger partial charge in [-0.3, -0.25) is 32.5 Å². The van der Waals surface area contributed by atoms with Crippen LogP contribution in [0.15, 0.2) is 122 Å². The van der Waals surface area contributed by atoms with Crippen molar-refractivity contribution in [1.82, 2.24) is 0 Å². The van der Waals surface area contributed by atoms with Gasteiger partial charge in [-0.15, -0.1) is 0 Å². The fourth-order valence-corrected chi connectivity index (χ4v) is 11.2. The SMILES string of the molecule is CC/C=C\C/C=C\C/C=C\C/C=C\C/C=C\C/C=C\CCCCCCCCCCCCCCCCC(=O)OCC(O)COP(=O)(O)OCC(O)COP(=O)(O)OCC(COC(=O)CCCCCCC/C=C\C/C=C\C/C=C\CC)OC(=O)CCCCCCC/C=C\CCCC. The van der Waals surface area contributed by atoms with Crippen molar-refractivity contribution in [2.45, 2.75) is 309 Å². The van der Waals surface area contributed by atoms with Crippen LogP contribution in [0.2, 0.25) is 0 Å². The molecule has 0 amide bonds. The number of aliphatic hydroxyl groups is 2. The van der Waals surface area contributed by atoms with Gasteiger partial charge in [-0.1, -0.05) is 271 Å². The summed E-state index contributed by atoms with van der Waals surface area (Å²) in [5.41, 5.74) is 0. The van der Waals surface area contributed by atoms with Gasteiger partial charge >= 0.3 is 33.6 Å². The van der Waals surface area contributed by atoms with Gasteiger partial charge in [0.05, 0.1) is 26.4 Å². The molecule has 0 aromatic rings. The van der Waals surface area contributed by atoms with Gasteiger partial charge in [0.15, 0.2) is 6.10 Å². The number of unbranched alkanes of at least 4 members (excludes halogenated alkanes) is 26. The number of carbonyl (C=O) groups is 3. The van der Waals surface area contributed by atoms with Gasteiger partial charge in [0.25, 0.3) is 0 Å². The first-order chi connectivity index (χ1) is 46.2. The maximum atomic E-state index is 12.9. The molecule has 0 aliphatic heterocycles. The zero-order valence-electron chi connectivity index (χ0n) is 59.3. The van der Waals surface area contributed by atoms with Crippen molar-refractivity contribution >= 4 is 33.6 Å². The molecule has 16 nitrogen and oxygen atoms in total. The van der Waals surface area contributed by atoms with Crippen LogP contribution >= 0.6 is 15.6 Å². The first-order valence-electron chi connectivity index (χ1n) is 36.8. The second kappa shape index (κ2) is 69.8. The number of ether oxygens (including phenoxy) is 3. The Morgan fingerprint density at radius 3 is 0.895 bits per heavy atom. The Hall–Kier alpha value is -4.05. The van der Waals surface area contributed by atoms with Gasteiger partial charge in [-0.2, -0.15) is 0 Å². The number of rotatable bonds is 69. The van der Waals surface area contributed by atoms with Crippen molar-refractivity contribution in [3.05, 3.63) is 122 Å². The van der Waals surface area contributed by atoms with E-state index >= 15 is 0 Å². The van der Waals surface area contributed by atoms with Gasteiger partial charge in [-0.05, 0) is 122 Å². The third-order valence-corrected chi connectivity index (χ3v) is 17.1. The summed E-state index contributed by atoms with van der Waals surface area (Å²) in [6.45, 7) is 2.37. The van der Waals surface area contributed by atoms with E-state index in [2.05, 4.69) is 142 Å².